The third-order valence-electron chi connectivity index (χ3n) is 3.78. The zero-order chi connectivity index (χ0) is 20.4. The second kappa shape index (κ2) is 7.78. The van der Waals surface area contributed by atoms with E-state index in [0.717, 1.165) is 28.8 Å². The minimum atomic E-state index is -3.74. The van der Waals surface area contributed by atoms with E-state index in [9.17, 15) is 22.0 Å². The fourth-order valence-electron chi connectivity index (χ4n) is 2.29. The molecule has 0 aromatic heterocycles. The summed E-state index contributed by atoms with van der Waals surface area (Å²) in [7, 11) is 0.170. The molecule has 0 saturated heterocycles. The highest BCUT2D eigenvalue weighted by atomic mass is 32.2. The number of rotatable bonds is 6. The molecule has 0 bridgehead atoms. The highest BCUT2D eigenvalue weighted by Crippen LogP contribution is 2.36. The minimum Gasteiger partial charge on any atom is -0.493 e. The van der Waals surface area contributed by atoms with E-state index in [1.165, 1.54) is 33.4 Å². The van der Waals surface area contributed by atoms with Crippen LogP contribution >= 0.6 is 0 Å². The lowest BCUT2D eigenvalue weighted by Crippen LogP contribution is -2.28. The first-order valence-electron chi connectivity index (χ1n) is 7.55. The first-order chi connectivity index (χ1) is 12.6. The number of hydrogen-bond donors (Lipinski definition) is 1. The summed E-state index contributed by atoms with van der Waals surface area (Å²) >= 11 is 0. The maximum absolute atomic E-state index is 13.8. The highest BCUT2D eigenvalue weighted by Gasteiger charge is 2.24. The van der Waals surface area contributed by atoms with Gasteiger partial charge in [0.2, 0.25) is 10.0 Å². The Hall–Kier alpha value is -2.88. The average Bonchev–Trinajstić information content (AvgIpc) is 2.62. The van der Waals surface area contributed by atoms with Gasteiger partial charge in [-0.05, 0) is 18.2 Å². The molecule has 0 fully saturated rings. The molecule has 0 radical (unpaired) electrons. The molecule has 7 nitrogen and oxygen atoms in total. The quantitative estimate of drug-likeness (QED) is 0.806. The van der Waals surface area contributed by atoms with E-state index in [2.05, 4.69) is 5.32 Å². The number of sulfonamides is 1. The van der Waals surface area contributed by atoms with Crippen molar-refractivity contribution in [3.63, 3.8) is 0 Å². The summed E-state index contributed by atoms with van der Waals surface area (Å²) in [5.74, 6) is -2.55. The lowest BCUT2D eigenvalue weighted by molar-refractivity contribution is 0.102. The van der Waals surface area contributed by atoms with Gasteiger partial charge in [-0.2, -0.15) is 0 Å². The van der Waals surface area contributed by atoms with Crippen LogP contribution in [-0.2, 0) is 10.0 Å². The lowest BCUT2D eigenvalue weighted by Gasteiger charge is -2.22. The van der Waals surface area contributed by atoms with Crippen molar-refractivity contribution in [2.75, 3.05) is 37.1 Å². The number of ether oxygens (including phenoxy) is 2. The van der Waals surface area contributed by atoms with Gasteiger partial charge in [0.05, 0.1) is 31.7 Å². The molecule has 1 amide bonds. The standard InChI is InChI=1S/C17H18F2N2O5S/c1-21(27(4,23)24)13-9-15(26-3)14(25-2)8-10(13)17(22)20-16-11(18)6-5-7-12(16)19/h5-9H,1-4H3,(H,20,22). The van der Waals surface area contributed by atoms with Crippen molar-refractivity contribution in [1.82, 2.24) is 0 Å². The number of para-hydroxylation sites is 1. The molecule has 0 heterocycles. The van der Waals surface area contributed by atoms with Crippen LogP contribution in [-0.4, -0.2) is 41.8 Å². The molecule has 0 unspecified atom stereocenters. The van der Waals surface area contributed by atoms with Crippen LogP contribution < -0.4 is 19.1 Å². The number of amides is 1. The highest BCUT2D eigenvalue weighted by molar-refractivity contribution is 7.92. The van der Waals surface area contributed by atoms with Gasteiger partial charge >= 0.3 is 0 Å². The maximum atomic E-state index is 13.8. The second-order valence-electron chi connectivity index (χ2n) is 5.51. The van der Waals surface area contributed by atoms with E-state index in [1.807, 2.05) is 0 Å². The molecule has 0 saturated carbocycles. The Bertz CT molecular complexity index is 959. The van der Waals surface area contributed by atoms with Crippen molar-refractivity contribution in [2.24, 2.45) is 0 Å². The fraction of sp³-hybridized carbons (Fsp3) is 0.235. The third-order valence-corrected chi connectivity index (χ3v) is 4.98. The van der Waals surface area contributed by atoms with Crippen molar-refractivity contribution in [3.8, 4) is 11.5 Å². The Morgan fingerprint density at radius 3 is 2.07 bits per heavy atom. The Labute approximate surface area is 155 Å². The average molecular weight is 400 g/mol. The summed E-state index contributed by atoms with van der Waals surface area (Å²) < 4.78 is 62.6. The number of nitrogens with one attached hydrogen (secondary N) is 1. The van der Waals surface area contributed by atoms with Gasteiger partial charge in [0.15, 0.2) is 11.5 Å². The first-order valence-corrected chi connectivity index (χ1v) is 9.40. The molecule has 146 valence electrons. The van der Waals surface area contributed by atoms with Gasteiger partial charge in [-0.3, -0.25) is 9.10 Å². The van der Waals surface area contributed by atoms with Gasteiger partial charge in [0, 0.05) is 13.1 Å². The van der Waals surface area contributed by atoms with Crippen molar-refractivity contribution >= 4 is 27.3 Å². The van der Waals surface area contributed by atoms with Crippen molar-refractivity contribution in [3.05, 3.63) is 47.5 Å². The molecule has 0 spiro atoms. The summed E-state index contributed by atoms with van der Waals surface area (Å²) in [5, 5.41) is 2.12. The topological polar surface area (TPSA) is 84.9 Å². The van der Waals surface area contributed by atoms with E-state index >= 15 is 0 Å². The summed E-state index contributed by atoms with van der Waals surface area (Å²) in [4.78, 5) is 12.7. The minimum absolute atomic E-state index is 0.0515. The Kier molecular flexibility index (Phi) is 5.89. The van der Waals surface area contributed by atoms with Gasteiger partial charge in [-0.25, -0.2) is 17.2 Å². The van der Waals surface area contributed by atoms with Crippen LogP contribution in [0.5, 0.6) is 11.5 Å². The second-order valence-corrected chi connectivity index (χ2v) is 7.52. The molecule has 27 heavy (non-hydrogen) atoms. The van der Waals surface area contributed by atoms with Crippen LogP contribution in [0.3, 0.4) is 0 Å². The molecule has 0 aliphatic heterocycles. The molecule has 0 aliphatic rings. The molecule has 10 heteroatoms. The SMILES string of the molecule is COc1cc(C(=O)Nc2c(F)cccc2F)c(N(C)S(C)(=O)=O)cc1OC. The number of anilines is 2. The number of nitrogens with zero attached hydrogens (tertiary/aromatic N) is 1. The fourth-order valence-corrected chi connectivity index (χ4v) is 2.80. The molecular formula is C17H18F2N2O5S. The number of halogens is 2. The molecule has 1 N–H and O–H groups in total. The summed E-state index contributed by atoms with van der Waals surface area (Å²) in [6.45, 7) is 0. The largest absolute Gasteiger partial charge is 0.493 e. The summed E-state index contributed by atoms with van der Waals surface area (Å²) in [5.41, 5.74) is -0.877. The zero-order valence-corrected chi connectivity index (χ0v) is 15.9. The molecule has 2 aromatic rings. The normalized spacial score (nSPS) is 11.0. The van der Waals surface area contributed by atoms with E-state index in [4.69, 9.17) is 9.47 Å². The Morgan fingerprint density at radius 2 is 1.59 bits per heavy atom. The Balaban J connectivity index is 2.61. The van der Waals surface area contributed by atoms with Crippen molar-refractivity contribution in [1.29, 1.82) is 0 Å². The lowest BCUT2D eigenvalue weighted by atomic mass is 10.1. The van der Waals surface area contributed by atoms with Crippen molar-refractivity contribution in [2.45, 2.75) is 0 Å². The van der Waals surface area contributed by atoms with Crippen LogP contribution in [0.1, 0.15) is 10.4 Å². The molecule has 0 aliphatic carbocycles. The predicted molar refractivity (Wildman–Crippen MR) is 97.1 cm³/mol. The van der Waals surface area contributed by atoms with Crippen molar-refractivity contribution < 1.29 is 31.5 Å². The Morgan fingerprint density at radius 1 is 1.07 bits per heavy atom. The van der Waals surface area contributed by atoms with Crippen LogP contribution in [0.25, 0.3) is 0 Å². The predicted octanol–water partition coefficient (Wildman–Crippen LogP) is 2.63. The van der Waals surface area contributed by atoms with Crippen LogP contribution in [0, 0.1) is 11.6 Å². The number of benzene rings is 2. The van der Waals surface area contributed by atoms with Crippen LogP contribution in [0.2, 0.25) is 0 Å². The van der Waals surface area contributed by atoms with E-state index in [0.29, 0.717) is 0 Å². The number of carbonyl (C=O) groups is 1. The van der Waals surface area contributed by atoms with Gasteiger partial charge in [0.1, 0.15) is 17.3 Å². The monoisotopic (exact) mass is 400 g/mol. The van der Waals surface area contributed by atoms with E-state index in [1.54, 1.807) is 0 Å². The zero-order valence-electron chi connectivity index (χ0n) is 15.0. The smallest absolute Gasteiger partial charge is 0.258 e. The number of carbonyl (C=O) groups excluding carboxylic acids is 1. The van der Waals surface area contributed by atoms with Gasteiger partial charge in [0.25, 0.3) is 5.91 Å². The van der Waals surface area contributed by atoms with Crippen LogP contribution in [0.4, 0.5) is 20.2 Å². The van der Waals surface area contributed by atoms with Gasteiger partial charge < -0.3 is 14.8 Å². The van der Waals surface area contributed by atoms with Crippen LogP contribution in [0.15, 0.2) is 30.3 Å². The maximum Gasteiger partial charge on any atom is 0.258 e. The molecule has 2 rings (SSSR count). The van der Waals surface area contributed by atoms with Gasteiger partial charge in [-0.15, -0.1) is 0 Å². The molecular weight excluding hydrogens is 382 g/mol. The number of hydrogen-bond acceptors (Lipinski definition) is 5. The van der Waals surface area contributed by atoms with E-state index < -0.39 is 33.3 Å². The molecule has 2 aromatic carbocycles. The van der Waals surface area contributed by atoms with Gasteiger partial charge in [-0.1, -0.05) is 6.07 Å². The summed E-state index contributed by atoms with van der Waals surface area (Å²) in [6.07, 6.45) is 0.946. The third kappa shape index (κ3) is 4.27. The summed E-state index contributed by atoms with van der Waals surface area (Å²) in [6, 6.07) is 5.63. The number of methoxy groups -OCH3 is 2. The van der Waals surface area contributed by atoms with E-state index in [-0.39, 0.29) is 22.7 Å². The molecule has 0 atom stereocenters. The first kappa shape index (κ1) is 20.4.